The summed E-state index contributed by atoms with van der Waals surface area (Å²) in [4.78, 5) is 24.7. The average molecular weight is 423 g/mol. The van der Waals surface area contributed by atoms with E-state index in [0.29, 0.717) is 12.8 Å². The maximum absolute atomic E-state index is 14.4. The van der Waals surface area contributed by atoms with E-state index in [0.717, 1.165) is 25.7 Å². The number of nitrogens with one attached hydrogen (secondary N) is 1. The molecule has 2 unspecified atom stereocenters. The Morgan fingerprint density at radius 3 is 2.83 bits per heavy atom. The third-order valence-corrected chi connectivity index (χ3v) is 5.66. The molecule has 156 valence electrons. The van der Waals surface area contributed by atoms with Crippen molar-refractivity contribution in [1.29, 1.82) is 0 Å². The van der Waals surface area contributed by atoms with Crippen LogP contribution in [0.1, 0.15) is 54.6 Å². The normalized spacial score (nSPS) is 19.4. The summed E-state index contributed by atoms with van der Waals surface area (Å²) >= 11 is 6.15. The molecular formula is C21H24ClFN2O4. The third-order valence-electron chi connectivity index (χ3n) is 5.34. The standard InChI is InChI=1S/C21H24ClFN2O4/c1-12-18(20(25-29-12)19-15(22)8-5-9-16(19)23)21(27)24-14-7-4-3-6-13(10-14)11-17(26)28-2/h5,8-9,13-14H,3-4,6-7,10-11H2,1-2H3,(H,24,27). The fourth-order valence-electron chi connectivity index (χ4n) is 3.89. The number of hydrogen-bond acceptors (Lipinski definition) is 5. The van der Waals surface area contributed by atoms with Gasteiger partial charge in [0.05, 0.1) is 17.7 Å². The number of amides is 1. The zero-order valence-corrected chi connectivity index (χ0v) is 17.2. The Morgan fingerprint density at radius 1 is 1.34 bits per heavy atom. The highest BCUT2D eigenvalue weighted by atomic mass is 35.5. The second-order valence-corrected chi connectivity index (χ2v) is 7.80. The molecule has 1 aliphatic rings. The lowest BCUT2D eigenvalue weighted by Crippen LogP contribution is -2.36. The molecule has 2 aromatic rings. The van der Waals surface area contributed by atoms with Gasteiger partial charge in [-0.1, -0.05) is 35.7 Å². The van der Waals surface area contributed by atoms with Crippen LogP contribution < -0.4 is 5.32 Å². The lowest BCUT2D eigenvalue weighted by molar-refractivity contribution is -0.141. The second kappa shape index (κ2) is 9.39. The molecular weight excluding hydrogens is 399 g/mol. The van der Waals surface area contributed by atoms with Crippen LogP contribution >= 0.6 is 11.6 Å². The van der Waals surface area contributed by atoms with Gasteiger partial charge in [0.2, 0.25) is 0 Å². The maximum Gasteiger partial charge on any atom is 0.305 e. The molecule has 1 aromatic carbocycles. The van der Waals surface area contributed by atoms with Gasteiger partial charge in [-0.3, -0.25) is 9.59 Å². The average Bonchev–Trinajstić information content (AvgIpc) is 2.91. The summed E-state index contributed by atoms with van der Waals surface area (Å²) in [5.41, 5.74) is 0.300. The van der Waals surface area contributed by atoms with Crippen LogP contribution in [-0.2, 0) is 9.53 Å². The Bertz CT molecular complexity index is 879. The van der Waals surface area contributed by atoms with E-state index in [1.165, 1.54) is 25.3 Å². The first kappa shape index (κ1) is 21.3. The summed E-state index contributed by atoms with van der Waals surface area (Å²) in [6.45, 7) is 1.60. The Labute approximate surface area is 173 Å². The van der Waals surface area contributed by atoms with Gasteiger partial charge in [-0.25, -0.2) is 4.39 Å². The van der Waals surface area contributed by atoms with E-state index in [9.17, 15) is 14.0 Å². The third kappa shape index (κ3) is 4.96. The lowest BCUT2D eigenvalue weighted by Gasteiger charge is -2.20. The molecule has 1 aromatic heterocycles. The van der Waals surface area contributed by atoms with Gasteiger partial charge in [0.25, 0.3) is 5.91 Å². The molecule has 0 radical (unpaired) electrons. The monoisotopic (exact) mass is 422 g/mol. The number of esters is 1. The first-order valence-electron chi connectivity index (χ1n) is 9.69. The van der Waals surface area contributed by atoms with Crippen molar-refractivity contribution < 1.29 is 23.2 Å². The predicted octanol–water partition coefficient (Wildman–Crippen LogP) is 4.68. The number of carbonyl (C=O) groups is 2. The number of halogens is 2. The number of carbonyl (C=O) groups excluding carboxylic acids is 2. The quantitative estimate of drug-likeness (QED) is 0.558. The van der Waals surface area contributed by atoms with Crippen molar-refractivity contribution in [3.05, 3.63) is 40.4 Å². The zero-order chi connectivity index (χ0) is 21.0. The van der Waals surface area contributed by atoms with E-state index in [2.05, 4.69) is 10.5 Å². The van der Waals surface area contributed by atoms with Crippen molar-refractivity contribution in [2.45, 2.75) is 51.5 Å². The highest BCUT2D eigenvalue weighted by Crippen LogP contribution is 2.34. The molecule has 1 fully saturated rings. The molecule has 0 aliphatic heterocycles. The number of hydrogen-bond donors (Lipinski definition) is 1. The number of rotatable bonds is 5. The Hall–Kier alpha value is -2.41. The van der Waals surface area contributed by atoms with Crippen LogP contribution in [0, 0.1) is 18.7 Å². The molecule has 1 heterocycles. The van der Waals surface area contributed by atoms with E-state index in [1.54, 1.807) is 6.92 Å². The van der Waals surface area contributed by atoms with Gasteiger partial charge in [-0.15, -0.1) is 0 Å². The van der Waals surface area contributed by atoms with E-state index in [1.807, 2.05) is 0 Å². The van der Waals surface area contributed by atoms with Gasteiger partial charge in [0.1, 0.15) is 22.8 Å². The molecule has 1 N–H and O–H groups in total. The van der Waals surface area contributed by atoms with Gasteiger partial charge < -0.3 is 14.6 Å². The molecule has 0 spiro atoms. The molecule has 1 amide bonds. The van der Waals surface area contributed by atoms with Gasteiger partial charge in [0, 0.05) is 12.5 Å². The fraction of sp³-hybridized carbons (Fsp3) is 0.476. The van der Waals surface area contributed by atoms with Crippen molar-refractivity contribution >= 4 is 23.5 Å². The van der Waals surface area contributed by atoms with Crippen LogP contribution in [0.25, 0.3) is 11.3 Å². The molecule has 2 atom stereocenters. The van der Waals surface area contributed by atoms with Gasteiger partial charge >= 0.3 is 5.97 Å². The van der Waals surface area contributed by atoms with Crippen LogP contribution in [0.2, 0.25) is 5.02 Å². The van der Waals surface area contributed by atoms with Crippen LogP contribution in [-0.4, -0.2) is 30.2 Å². The fourth-order valence-corrected chi connectivity index (χ4v) is 4.14. The number of aromatic nitrogens is 1. The first-order chi connectivity index (χ1) is 13.9. The lowest BCUT2D eigenvalue weighted by atomic mass is 9.94. The Kier molecular flexibility index (Phi) is 6.90. The van der Waals surface area contributed by atoms with E-state index in [-0.39, 0.29) is 51.4 Å². The summed E-state index contributed by atoms with van der Waals surface area (Å²) in [6, 6.07) is 4.18. The SMILES string of the molecule is COC(=O)CC1CCCCC(NC(=O)c2c(-c3c(F)cccc3Cl)noc2C)C1. The van der Waals surface area contributed by atoms with E-state index < -0.39 is 5.82 Å². The number of nitrogens with zero attached hydrogens (tertiary/aromatic N) is 1. The summed E-state index contributed by atoms with van der Waals surface area (Å²) in [7, 11) is 1.38. The molecule has 0 saturated heterocycles. The molecule has 0 bridgehead atoms. The molecule has 6 nitrogen and oxygen atoms in total. The molecule has 8 heteroatoms. The van der Waals surface area contributed by atoms with Gasteiger partial charge in [-0.2, -0.15) is 0 Å². The number of benzene rings is 1. The predicted molar refractivity (Wildman–Crippen MR) is 106 cm³/mol. The summed E-state index contributed by atoms with van der Waals surface area (Å²) in [5, 5.41) is 7.05. The minimum Gasteiger partial charge on any atom is -0.469 e. The largest absolute Gasteiger partial charge is 0.469 e. The molecule has 1 saturated carbocycles. The van der Waals surface area contributed by atoms with Crippen molar-refractivity contribution in [2.75, 3.05) is 7.11 Å². The highest BCUT2D eigenvalue weighted by molar-refractivity contribution is 6.33. The summed E-state index contributed by atoms with van der Waals surface area (Å²) in [5.74, 6) is -0.765. The molecule has 1 aliphatic carbocycles. The number of ether oxygens (including phenoxy) is 1. The minimum absolute atomic E-state index is 0.0422. The highest BCUT2D eigenvalue weighted by Gasteiger charge is 2.29. The van der Waals surface area contributed by atoms with E-state index >= 15 is 0 Å². The minimum atomic E-state index is -0.576. The summed E-state index contributed by atoms with van der Waals surface area (Å²) in [6.07, 6.45) is 4.70. The summed E-state index contributed by atoms with van der Waals surface area (Å²) < 4.78 is 24.3. The Balaban J connectivity index is 1.81. The van der Waals surface area contributed by atoms with Crippen molar-refractivity contribution in [3.63, 3.8) is 0 Å². The second-order valence-electron chi connectivity index (χ2n) is 7.40. The molecule has 29 heavy (non-hydrogen) atoms. The molecule has 3 rings (SSSR count). The van der Waals surface area contributed by atoms with Crippen LogP contribution in [0.4, 0.5) is 4.39 Å². The number of aryl methyl sites for hydroxylation is 1. The smallest absolute Gasteiger partial charge is 0.305 e. The zero-order valence-electron chi connectivity index (χ0n) is 16.5. The Morgan fingerprint density at radius 2 is 2.10 bits per heavy atom. The van der Waals surface area contributed by atoms with Gasteiger partial charge in [0.15, 0.2) is 0 Å². The topological polar surface area (TPSA) is 81.4 Å². The van der Waals surface area contributed by atoms with E-state index in [4.69, 9.17) is 20.9 Å². The van der Waals surface area contributed by atoms with Crippen molar-refractivity contribution in [3.8, 4) is 11.3 Å². The van der Waals surface area contributed by atoms with Crippen LogP contribution in [0.5, 0.6) is 0 Å². The maximum atomic E-state index is 14.4. The van der Waals surface area contributed by atoms with Gasteiger partial charge in [-0.05, 0) is 44.2 Å². The van der Waals surface area contributed by atoms with Crippen LogP contribution in [0.15, 0.2) is 22.7 Å². The number of methoxy groups -OCH3 is 1. The first-order valence-corrected chi connectivity index (χ1v) is 10.1. The van der Waals surface area contributed by atoms with Crippen molar-refractivity contribution in [1.82, 2.24) is 10.5 Å². The van der Waals surface area contributed by atoms with Crippen LogP contribution in [0.3, 0.4) is 0 Å². The van der Waals surface area contributed by atoms with Crippen molar-refractivity contribution in [2.24, 2.45) is 5.92 Å².